The Morgan fingerprint density at radius 2 is 1.08 bits per heavy atom. The highest BCUT2D eigenvalue weighted by Crippen LogP contribution is 2.17. The second-order valence-electron chi connectivity index (χ2n) is 14.9. The predicted octanol–water partition coefficient (Wildman–Crippen LogP) is 5.44. The topological polar surface area (TPSA) is 167 Å². The number of nitriles is 1. The molecule has 2 aliphatic rings. The average Bonchev–Trinajstić information content (AvgIpc) is 4.09. The van der Waals surface area contributed by atoms with Gasteiger partial charge < -0.3 is 19.4 Å². The standard InChI is InChI=1S/C23H22N4O3.C14H17N3O.C11H10N2O2/c1-17-16-25(22(29)19-6-3-2-4-7-19)14-15-26(17)23(30)21(28)18-8-10-20(11-9-18)27-13-5-12-24-27;1-12-11-17(10-9-16(12)8-7-15)14(18)13-5-3-2-4-6-13;1-15-11(14)9-3-5-10(6-4-9)13-8-2-7-12-13/h2-13,17H,14-16H2,1H3;2-6,12H,8-11H2,1H3;2-8H,1H3/t17-;12-;/m11./s1. The third kappa shape index (κ3) is 11.6. The summed E-state index contributed by atoms with van der Waals surface area (Å²) in [5.41, 5.74) is 3.95. The molecule has 4 aromatic carbocycles. The van der Waals surface area contributed by atoms with Gasteiger partial charge in [-0.05, 0) is 98.8 Å². The number of amides is 3. The van der Waals surface area contributed by atoms with Gasteiger partial charge in [-0.2, -0.15) is 15.5 Å². The summed E-state index contributed by atoms with van der Waals surface area (Å²) in [6.45, 7) is 7.63. The van der Waals surface area contributed by atoms with E-state index in [4.69, 9.17) is 5.26 Å². The Labute approximate surface area is 366 Å². The van der Waals surface area contributed by atoms with E-state index in [2.05, 4.69) is 32.8 Å². The van der Waals surface area contributed by atoms with E-state index in [1.807, 2.05) is 90.8 Å². The predicted molar refractivity (Wildman–Crippen MR) is 235 cm³/mol. The van der Waals surface area contributed by atoms with Crippen LogP contribution in [0.3, 0.4) is 0 Å². The van der Waals surface area contributed by atoms with Crippen molar-refractivity contribution in [1.29, 1.82) is 5.26 Å². The van der Waals surface area contributed by atoms with Gasteiger partial charge in [-0.1, -0.05) is 36.4 Å². The summed E-state index contributed by atoms with van der Waals surface area (Å²) < 4.78 is 8.01. The molecule has 2 fully saturated rings. The van der Waals surface area contributed by atoms with Gasteiger partial charge in [0, 0.05) is 92.8 Å². The molecule has 0 saturated carbocycles. The van der Waals surface area contributed by atoms with Gasteiger partial charge in [0.15, 0.2) is 0 Å². The first-order valence-electron chi connectivity index (χ1n) is 20.5. The van der Waals surface area contributed by atoms with Crippen LogP contribution in [0, 0.1) is 11.3 Å². The number of ketones is 1. The highest BCUT2D eigenvalue weighted by molar-refractivity contribution is 6.42. The lowest BCUT2D eigenvalue weighted by Crippen LogP contribution is -2.56. The van der Waals surface area contributed by atoms with Gasteiger partial charge >= 0.3 is 5.97 Å². The highest BCUT2D eigenvalue weighted by atomic mass is 16.5. The van der Waals surface area contributed by atoms with Crippen LogP contribution in [0.15, 0.2) is 146 Å². The minimum atomic E-state index is -0.545. The largest absolute Gasteiger partial charge is 0.465 e. The Morgan fingerprint density at radius 1 is 0.603 bits per heavy atom. The van der Waals surface area contributed by atoms with Crippen LogP contribution in [-0.4, -0.2) is 134 Å². The Bertz CT molecular complexity index is 2470. The van der Waals surface area contributed by atoms with Crippen molar-refractivity contribution in [2.24, 2.45) is 0 Å². The van der Waals surface area contributed by atoms with E-state index < -0.39 is 11.7 Å². The zero-order chi connectivity index (χ0) is 44.7. The van der Waals surface area contributed by atoms with Gasteiger partial charge in [0.2, 0.25) is 5.78 Å². The number of hydrogen-bond acceptors (Lipinski definition) is 10. The number of carbonyl (C=O) groups excluding carboxylic acids is 5. The number of benzene rings is 4. The molecule has 8 rings (SSSR count). The molecule has 63 heavy (non-hydrogen) atoms. The van der Waals surface area contributed by atoms with E-state index in [1.54, 1.807) is 86.3 Å². The Hall–Kier alpha value is -7.70. The maximum Gasteiger partial charge on any atom is 0.337 e. The van der Waals surface area contributed by atoms with Crippen LogP contribution in [0.2, 0.25) is 0 Å². The molecular weight excluding hydrogens is 799 g/mol. The van der Waals surface area contributed by atoms with Gasteiger partial charge in [-0.15, -0.1) is 0 Å². The molecule has 4 heterocycles. The number of rotatable bonds is 8. The number of carbonyl (C=O) groups is 5. The highest BCUT2D eigenvalue weighted by Gasteiger charge is 2.33. The van der Waals surface area contributed by atoms with E-state index in [1.165, 1.54) is 7.11 Å². The van der Waals surface area contributed by atoms with Crippen LogP contribution in [0.25, 0.3) is 11.4 Å². The second-order valence-corrected chi connectivity index (χ2v) is 14.9. The minimum Gasteiger partial charge on any atom is -0.465 e. The number of hydrogen-bond donors (Lipinski definition) is 0. The summed E-state index contributed by atoms with van der Waals surface area (Å²) in [6.07, 6.45) is 7.02. The number of aromatic nitrogens is 4. The number of nitrogens with zero attached hydrogens (tertiary/aromatic N) is 9. The molecule has 2 saturated heterocycles. The molecule has 322 valence electrons. The number of Topliss-reactive ketones (excluding diaryl/α,β-unsaturated/α-hetero) is 1. The molecule has 3 amide bonds. The molecule has 2 atom stereocenters. The SMILES string of the molecule is COC(=O)c1ccc(-n2cccn2)cc1.C[C@@H]1CN(C(=O)c2ccccc2)CCN1C(=O)C(=O)c1ccc(-n2cccn2)cc1.C[C@@H]1CN(C(=O)c2ccccc2)CCN1CC#N. The molecule has 0 N–H and O–H groups in total. The number of esters is 1. The molecule has 0 radical (unpaired) electrons. The Balaban J connectivity index is 0.000000171. The summed E-state index contributed by atoms with van der Waals surface area (Å²) in [5, 5.41) is 16.9. The quantitative estimate of drug-likeness (QED) is 0.0833. The molecule has 6 aromatic rings. The van der Waals surface area contributed by atoms with E-state index in [0.717, 1.165) is 23.5 Å². The lowest BCUT2D eigenvalue weighted by molar-refractivity contribution is -0.130. The van der Waals surface area contributed by atoms with Crippen molar-refractivity contribution in [3.63, 3.8) is 0 Å². The maximum absolute atomic E-state index is 12.8. The fourth-order valence-electron chi connectivity index (χ4n) is 7.21. The first kappa shape index (κ1) is 44.8. The van der Waals surface area contributed by atoms with Crippen molar-refractivity contribution in [2.45, 2.75) is 25.9 Å². The van der Waals surface area contributed by atoms with E-state index in [9.17, 15) is 24.0 Å². The van der Waals surface area contributed by atoms with Crippen LogP contribution in [-0.2, 0) is 9.53 Å². The maximum atomic E-state index is 12.8. The molecule has 2 aliphatic heterocycles. The van der Waals surface area contributed by atoms with Gasteiger partial charge in [0.25, 0.3) is 17.7 Å². The Kier molecular flexibility index (Phi) is 15.5. The zero-order valence-corrected chi connectivity index (χ0v) is 35.4. The average molecular weight is 848 g/mol. The van der Waals surface area contributed by atoms with Gasteiger partial charge in [-0.3, -0.25) is 24.1 Å². The lowest BCUT2D eigenvalue weighted by atomic mass is 10.1. The van der Waals surface area contributed by atoms with E-state index in [-0.39, 0.29) is 29.9 Å². The second kappa shape index (κ2) is 21.7. The first-order valence-corrected chi connectivity index (χ1v) is 20.5. The molecule has 0 unspecified atom stereocenters. The minimum absolute atomic E-state index is 0.0601. The van der Waals surface area contributed by atoms with Crippen molar-refractivity contribution in [1.82, 2.24) is 39.2 Å². The fourth-order valence-corrected chi connectivity index (χ4v) is 7.21. The zero-order valence-electron chi connectivity index (χ0n) is 35.4. The molecule has 0 bridgehead atoms. The summed E-state index contributed by atoms with van der Waals surface area (Å²) in [6, 6.07) is 38.1. The molecule has 15 heteroatoms. The molecule has 15 nitrogen and oxygen atoms in total. The lowest BCUT2D eigenvalue weighted by Gasteiger charge is -2.39. The summed E-state index contributed by atoms with van der Waals surface area (Å²) >= 11 is 0. The number of methoxy groups -OCH3 is 1. The van der Waals surface area contributed by atoms with Crippen LogP contribution < -0.4 is 0 Å². The van der Waals surface area contributed by atoms with E-state index >= 15 is 0 Å². The summed E-state index contributed by atoms with van der Waals surface area (Å²) in [4.78, 5) is 68.9. The third-order valence-electron chi connectivity index (χ3n) is 10.7. The number of ether oxygens (including phenoxy) is 1. The van der Waals surface area contributed by atoms with Crippen molar-refractivity contribution >= 4 is 29.5 Å². The van der Waals surface area contributed by atoms with Crippen molar-refractivity contribution < 1.29 is 28.7 Å². The van der Waals surface area contributed by atoms with E-state index in [0.29, 0.717) is 56.0 Å². The van der Waals surface area contributed by atoms with Crippen LogP contribution >= 0.6 is 0 Å². The van der Waals surface area contributed by atoms with Gasteiger partial charge in [0.1, 0.15) is 0 Å². The fraction of sp³-hybridized carbons (Fsp3) is 0.250. The molecule has 0 spiro atoms. The smallest absolute Gasteiger partial charge is 0.337 e. The number of piperazine rings is 2. The third-order valence-corrected chi connectivity index (χ3v) is 10.7. The van der Waals surface area contributed by atoms with Crippen LogP contribution in [0.5, 0.6) is 0 Å². The van der Waals surface area contributed by atoms with Gasteiger partial charge in [0.05, 0.1) is 36.7 Å². The monoisotopic (exact) mass is 847 g/mol. The molecule has 0 aliphatic carbocycles. The van der Waals surface area contributed by atoms with Crippen molar-refractivity contribution in [2.75, 3.05) is 52.9 Å². The Morgan fingerprint density at radius 3 is 1.51 bits per heavy atom. The van der Waals surface area contributed by atoms with Crippen molar-refractivity contribution in [3.05, 3.63) is 168 Å². The summed E-state index contributed by atoms with van der Waals surface area (Å²) in [5.74, 6) is -1.39. The van der Waals surface area contributed by atoms with Crippen molar-refractivity contribution in [3.8, 4) is 17.4 Å². The van der Waals surface area contributed by atoms with Crippen LogP contribution in [0.4, 0.5) is 0 Å². The first-order chi connectivity index (χ1) is 30.6. The molecular formula is C48H49N9O6. The molecule has 2 aromatic heterocycles. The summed E-state index contributed by atoms with van der Waals surface area (Å²) in [7, 11) is 1.36. The van der Waals surface area contributed by atoms with Gasteiger partial charge in [-0.25, -0.2) is 14.2 Å². The van der Waals surface area contributed by atoms with Crippen LogP contribution in [0.1, 0.15) is 55.3 Å². The normalized spacial score (nSPS) is 16.0.